The van der Waals surface area contributed by atoms with E-state index in [1.807, 2.05) is 0 Å². The second-order valence-electron chi connectivity index (χ2n) is 4.06. The highest BCUT2D eigenvalue weighted by atomic mass is 79.9. The van der Waals surface area contributed by atoms with E-state index >= 15 is 0 Å². The molecule has 0 spiro atoms. The van der Waals surface area contributed by atoms with E-state index in [9.17, 15) is 13.6 Å². The summed E-state index contributed by atoms with van der Waals surface area (Å²) in [6.45, 7) is -1.32. The number of nitrogens with zero attached hydrogens (tertiary/aromatic N) is 1. The van der Waals surface area contributed by atoms with Gasteiger partial charge in [0.25, 0.3) is 5.56 Å². The summed E-state index contributed by atoms with van der Waals surface area (Å²) in [7, 11) is 1.34. The van der Waals surface area contributed by atoms with Gasteiger partial charge < -0.3 is 14.5 Å². The first-order valence-electron chi connectivity index (χ1n) is 5.82. The monoisotopic (exact) mass is 360 g/mol. The molecule has 0 amide bonds. The van der Waals surface area contributed by atoms with Gasteiger partial charge in [-0.15, -0.1) is 0 Å². The minimum Gasteiger partial charge on any atom is -0.493 e. The minimum atomic E-state index is -2.98. The first-order chi connectivity index (χ1) is 9.92. The fraction of sp³-hybridized carbons (Fsp3) is 0.231. The molecule has 1 aromatic carbocycles. The van der Waals surface area contributed by atoms with Crippen molar-refractivity contribution in [2.75, 3.05) is 7.11 Å². The third kappa shape index (κ3) is 3.38. The molecule has 0 bridgehead atoms. The number of methoxy groups -OCH3 is 1. The van der Waals surface area contributed by atoms with Crippen molar-refractivity contribution >= 4 is 15.9 Å². The highest BCUT2D eigenvalue weighted by Gasteiger charge is 2.14. The molecule has 2 rings (SSSR count). The average molecular weight is 361 g/mol. The molecule has 0 aliphatic heterocycles. The number of benzene rings is 1. The standard InChI is InChI=1S/C13H11BrF2N2O3/c1-6-10(14)12(19)18-11(17-6)7-3-4-8(20-2)9(5-7)21-13(15)16/h3-5,13H,1-2H3,(H,17,18,19). The Balaban J connectivity index is 2.52. The summed E-state index contributed by atoms with van der Waals surface area (Å²) < 4.78 is 34.5. The molecular formula is C13H11BrF2N2O3. The zero-order chi connectivity index (χ0) is 15.6. The molecule has 8 heteroatoms. The third-order valence-electron chi connectivity index (χ3n) is 2.68. The molecular weight excluding hydrogens is 350 g/mol. The van der Waals surface area contributed by atoms with Crippen molar-refractivity contribution in [1.82, 2.24) is 9.97 Å². The Labute approximate surface area is 127 Å². The average Bonchev–Trinajstić information content (AvgIpc) is 2.43. The lowest BCUT2D eigenvalue weighted by molar-refractivity contribution is -0.0511. The second kappa shape index (κ2) is 6.21. The number of ether oxygens (including phenoxy) is 2. The van der Waals surface area contributed by atoms with Gasteiger partial charge in [0.2, 0.25) is 0 Å². The van der Waals surface area contributed by atoms with Gasteiger partial charge in [0.1, 0.15) is 10.3 Å². The molecule has 1 N–H and O–H groups in total. The summed E-state index contributed by atoms with van der Waals surface area (Å²) in [6, 6.07) is 4.38. The zero-order valence-corrected chi connectivity index (χ0v) is 12.7. The molecule has 0 radical (unpaired) electrons. The van der Waals surface area contributed by atoms with Gasteiger partial charge in [0.05, 0.1) is 12.8 Å². The molecule has 0 atom stereocenters. The van der Waals surface area contributed by atoms with Gasteiger partial charge in [0, 0.05) is 5.56 Å². The maximum absolute atomic E-state index is 12.4. The van der Waals surface area contributed by atoms with Crippen LogP contribution in [0.3, 0.4) is 0 Å². The third-order valence-corrected chi connectivity index (χ3v) is 3.62. The van der Waals surface area contributed by atoms with Crippen molar-refractivity contribution in [2.45, 2.75) is 13.5 Å². The van der Waals surface area contributed by atoms with Crippen LogP contribution >= 0.6 is 15.9 Å². The molecule has 1 aromatic heterocycles. The van der Waals surface area contributed by atoms with Crippen LogP contribution in [-0.2, 0) is 0 Å². The topological polar surface area (TPSA) is 64.2 Å². The first kappa shape index (κ1) is 15.4. The van der Waals surface area contributed by atoms with Crippen LogP contribution in [0.25, 0.3) is 11.4 Å². The van der Waals surface area contributed by atoms with Crippen LogP contribution in [0.1, 0.15) is 5.69 Å². The molecule has 2 aromatic rings. The number of hydrogen-bond donors (Lipinski definition) is 1. The number of halogens is 3. The molecule has 112 valence electrons. The van der Waals surface area contributed by atoms with Crippen molar-refractivity contribution in [3.05, 3.63) is 38.7 Å². The number of alkyl halides is 2. The van der Waals surface area contributed by atoms with E-state index in [-0.39, 0.29) is 22.9 Å². The number of nitrogens with one attached hydrogen (secondary N) is 1. The number of aromatic nitrogens is 2. The van der Waals surface area contributed by atoms with Crippen molar-refractivity contribution in [3.63, 3.8) is 0 Å². The molecule has 0 saturated carbocycles. The van der Waals surface area contributed by atoms with Crippen LogP contribution < -0.4 is 15.0 Å². The Bertz CT molecular complexity index is 719. The smallest absolute Gasteiger partial charge is 0.387 e. The van der Waals surface area contributed by atoms with Crippen molar-refractivity contribution < 1.29 is 18.3 Å². The Morgan fingerprint density at radius 1 is 1.33 bits per heavy atom. The Morgan fingerprint density at radius 2 is 2.05 bits per heavy atom. The molecule has 21 heavy (non-hydrogen) atoms. The summed E-state index contributed by atoms with van der Waals surface area (Å²) in [5.41, 5.74) is 0.560. The van der Waals surface area contributed by atoms with Gasteiger partial charge in [0.15, 0.2) is 11.5 Å². The summed E-state index contributed by atoms with van der Waals surface area (Å²) >= 11 is 3.11. The lowest BCUT2D eigenvalue weighted by atomic mass is 10.2. The van der Waals surface area contributed by atoms with Gasteiger partial charge in [-0.05, 0) is 41.1 Å². The van der Waals surface area contributed by atoms with E-state index in [0.29, 0.717) is 15.7 Å². The number of aryl methyl sites for hydroxylation is 1. The minimum absolute atomic E-state index is 0.131. The molecule has 0 saturated heterocycles. The highest BCUT2D eigenvalue weighted by molar-refractivity contribution is 9.10. The van der Waals surface area contributed by atoms with Crippen LogP contribution in [0.15, 0.2) is 27.5 Å². The zero-order valence-electron chi connectivity index (χ0n) is 11.1. The van der Waals surface area contributed by atoms with E-state index in [1.54, 1.807) is 13.0 Å². The van der Waals surface area contributed by atoms with E-state index < -0.39 is 6.61 Å². The molecule has 5 nitrogen and oxygen atoms in total. The number of hydrogen-bond acceptors (Lipinski definition) is 4. The van der Waals surface area contributed by atoms with Gasteiger partial charge in [-0.1, -0.05) is 0 Å². The molecule has 0 fully saturated rings. The fourth-order valence-electron chi connectivity index (χ4n) is 1.72. The lowest BCUT2D eigenvalue weighted by Crippen LogP contribution is -2.12. The van der Waals surface area contributed by atoms with Crippen molar-refractivity contribution in [1.29, 1.82) is 0 Å². The van der Waals surface area contributed by atoms with Crippen molar-refractivity contribution in [2.24, 2.45) is 0 Å². The maximum atomic E-state index is 12.4. The SMILES string of the molecule is COc1ccc(-c2nc(C)c(Br)c(=O)[nH]2)cc1OC(F)F. The summed E-state index contributed by atoms with van der Waals surface area (Å²) in [6.07, 6.45) is 0. The molecule has 0 aliphatic rings. The van der Waals surface area contributed by atoms with E-state index in [4.69, 9.17) is 4.74 Å². The van der Waals surface area contributed by atoms with Gasteiger partial charge >= 0.3 is 6.61 Å². The Morgan fingerprint density at radius 3 is 2.62 bits per heavy atom. The highest BCUT2D eigenvalue weighted by Crippen LogP contribution is 2.32. The molecule has 0 aliphatic carbocycles. The quantitative estimate of drug-likeness (QED) is 0.909. The van der Waals surface area contributed by atoms with Gasteiger partial charge in [-0.25, -0.2) is 4.98 Å². The fourth-order valence-corrected chi connectivity index (χ4v) is 1.91. The van der Waals surface area contributed by atoms with Gasteiger partial charge in [-0.2, -0.15) is 8.78 Å². The predicted molar refractivity (Wildman–Crippen MR) is 75.9 cm³/mol. The Kier molecular flexibility index (Phi) is 4.56. The lowest BCUT2D eigenvalue weighted by Gasteiger charge is -2.11. The van der Waals surface area contributed by atoms with Crippen LogP contribution in [-0.4, -0.2) is 23.7 Å². The van der Waals surface area contributed by atoms with Gasteiger partial charge in [-0.3, -0.25) is 4.79 Å². The van der Waals surface area contributed by atoms with Crippen molar-refractivity contribution in [3.8, 4) is 22.9 Å². The molecule has 0 unspecified atom stereocenters. The second-order valence-corrected chi connectivity index (χ2v) is 4.85. The van der Waals surface area contributed by atoms with E-state index in [1.165, 1.54) is 19.2 Å². The van der Waals surface area contributed by atoms with Crippen LogP contribution in [0, 0.1) is 6.92 Å². The first-order valence-corrected chi connectivity index (χ1v) is 6.61. The predicted octanol–water partition coefficient (Wildman–Crippen LogP) is 3.12. The van der Waals surface area contributed by atoms with Crippen LogP contribution in [0.5, 0.6) is 11.5 Å². The molecule has 1 heterocycles. The number of aromatic amines is 1. The summed E-state index contributed by atoms with van der Waals surface area (Å²) in [5, 5.41) is 0. The number of rotatable bonds is 4. The van der Waals surface area contributed by atoms with Crippen LogP contribution in [0.4, 0.5) is 8.78 Å². The normalized spacial score (nSPS) is 10.8. The summed E-state index contributed by atoms with van der Waals surface area (Å²) in [4.78, 5) is 18.4. The van der Waals surface area contributed by atoms with E-state index in [0.717, 1.165) is 0 Å². The van der Waals surface area contributed by atoms with Crippen LogP contribution in [0.2, 0.25) is 0 Å². The largest absolute Gasteiger partial charge is 0.493 e. The summed E-state index contributed by atoms with van der Waals surface area (Å²) in [5.74, 6) is 0.283. The maximum Gasteiger partial charge on any atom is 0.387 e. The Hall–Kier alpha value is -1.96. The van der Waals surface area contributed by atoms with E-state index in [2.05, 4.69) is 30.6 Å². The number of H-pyrrole nitrogens is 1.